The Labute approximate surface area is 151 Å². The maximum Gasteiger partial charge on any atom is 0.225 e. The lowest BCUT2D eigenvalue weighted by Gasteiger charge is -2.43. The summed E-state index contributed by atoms with van der Waals surface area (Å²) in [5.41, 5.74) is 1.15. The lowest BCUT2D eigenvalue weighted by atomic mass is 9.89. The second kappa shape index (κ2) is 7.46. The van der Waals surface area contributed by atoms with E-state index in [2.05, 4.69) is 41.4 Å². The highest BCUT2D eigenvalue weighted by molar-refractivity contribution is 5.80. The van der Waals surface area contributed by atoms with Crippen LogP contribution in [0.2, 0.25) is 0 Å². The van der Waals surface area contributed by atoms with Gasteiger partial charge in [-0.1, -0.05) is 6.92 Å². The van der Waals surface area contributed by atoms with Crippen LogP contribution in [-0.2, 0) is 11.8 Å². The van der Waals surface area contributed by atoms with Gasteiger partial charge in [-0.05, 0) is 44.7 Å². The Hall–Kier alpha value is -1.40. The Morgan fingerprint density at radius 3 is 2.92 bits per heavy atom. The number of hydrogen-bond acceptors (Lipinski definition) is 4. The molecule has 1 aromatic heterocycles. The molecule has 3 heterocycles. The minimum absolute atomic E-state index is 0.000171. The van der Waals surface area contributed by atoms with Crippen molar-refractivity contribution in [3.8, 4) is 0 Å². The van der Waals surface area contributed by atoms with Crippen LogP contribution in [0.15, 0.2) is 12.4 Å². The molecule has 0 aromatic carbocycles. The highest BCUT2D eigenvalue weighted by atomic mass is 16.2. The van der Waals surface area contributed by atoms with Crippen LogP contribution in [0.25, 0.3) is 0 Å². The number of carbonyl (C=O) groups excluding carboxylic acids is 1. The summed E-state index contributed by atoms with van der Waals surface area (Å²) in [7, 11) is 1.92. The average Bonchev–Trinajstić information content (AvgIpc) is 3.21. The van der Waals surface area contributed by atoms with Crippen LogP contribution in [0, 0.1) is 11.8 Å². The zero-order chi connectivity index (χ0) is 18.0. The van der Waals surface area contributed by atoms with Gasteiger partial charge in [0.25, 0.3) is 0 Å². The minimum atomic E-state index is -0.0136. The SMILES string of the molecule is CC1CCCN(C(C)(C)CNC(=O)[C@H]2CNC[C@@H]2c2cnn(C)c2)C1. The molecule has 2 N–H and O–H groups in total. The fraction of sp³-hybridized carbons (Fsp3) is 0.789. The number of amides is 1. The lowest BCUT2D eigenvalue weighted by molar-refractivity contribution is -0.125. The predicted molar refractivity (Wildman–Crippen MR) is 99.4 cm³/mol. The summed E-state index contributed by atoms with van der Waals surface area (Å²) in [4.78, 5) is 15.4. The van der Waals surface area contributed by atoms with Gasteiger partial charge in [-0.25, -0.2) is 0 Å². The number of aromatic nitrogens is 2. The van der Waals surface area contributed by atoms with E-state index in [0.717, 1.165) is 37.7 Å². The summed E-state index contributed by atoms with van der Waals surface area (Å²) in [6.45, 7) is 11.4. The largest absolute Gasteiger partial charge is 0.354 e. The van der Waals surface area contributed by atoms with Crippen LogP contribution in [-0.4, -0.2) is 58.9 Å². The molecule has 3 rings (SSSR count). The second-order valence-corrected chi connectivity index (χ2v) is 8.54. The highest BCUT2D eigenvalue weighted by Gasteiger charge is 2.36. The Balaban J connectivity index is 1.57. The number of aryl methyl sites for hydroxylation is 1. The van der Waals surface area contributed by atoms with E-state index in [4.69, 9.17) is 0 Å². The van der Waals surface area contributed by atoms with E-state index >= 15 is 0 Å². The molecule has 2 fully saturated rings. The van der Waals surface area contributed by atoms with E-state index in [1.54, 1.807) is 0 Å². The molecule has 0 saturated carbocycles. The van der Waals surface area contributed by atoms with E-state index in [1.807, 2.05) is 24.1 Å². The summed E-state index contributed by atoms with van der Waals surface area (Å²) >= 11 is 0. The summed E-state index contributed by atoms with van der Waals surface area (Å²) in [6, 6.07) is 0. The van der Waals surface area contributed by atoms with Crippen LogP contribution >= 0.6 is 0 Å². The first-order valence-electron chi connectivity index (χ1n) is 9.59. The molecule has 0 aliphatic carbocycles. The molecular weight excluding hydrogens is 314 g/mol. The van der Waals surface area contributed by atoms with Gasteiger partial charge < -0.3 is 10.6 Å². The van der Waals surface area contributed by atoms with Crippen LogP contribution in [0.3, 0.4) is 0 Å². The van der Waals surface area contributed by atoms with Gasteiger partial charge in [0, 0.05) is 50.9 Å². The fourth-order valence-corrected chi connectivity index (χ4v) is 4.22. The van der Waals surface area contributed by atoms with Crippen LogP contribution < -0.4 is 10.6 Å². The molecule has 25 heavy (non-hydrogen) atoms. The van der Waals surface area contributed by atoms with E-state index in [-0.39, 0.29) is 23.3 Å². The Bertz CT molecular complexity index is 596. The van der Waals surface area contributed by atoms with Gasteiger partial charge in [0.2, 0.25) is 5.91 Å². The maximum absolute atomic E-state index is 12.8. The Kier molecular flexibility index (Phi) is 5.49. The van der Waals surface area contributed by atoms with Gasteiger partial charge in [-0.3, -0.25) is 14.4 Å². The van der Waals surface area contributed by atoms with Crippen molar-refractivity contribution in [3.05, 3.63) is 18.0 Å². The van der Waals surface area contributed by atoms with Gasteiger partial charge in [0.15, 0.2) is 0 Å². The zero-order valence-corrected chi connectivity index (χ0v) is 16.1. The molecule has 6 nitrogen and oxygen atoms in total. The van der Waals surface area contributed by atoms with Crippen molar-refractivity contribution in [2.45, 2.75) is 45.1 Å². The molecular formula is C19H33N5O. The van der Waals surface area contributed by atoms with Gasteiger partial charge in [0.05, 0.1) is 12.1 Å². The first kappa shape index (κ1) is 18.4. The standard InChI is InChI=1S/C19H33N5O/c1-14-6-5-7-24(11-14)19(2,3)13-21-18(25)17-10-20-9-16(17)15-8-22-23(4)12-15/h8,12,14,16-17,20H,5-7,9-11,13H2,1-4H3,(H,21,25)/t14?,16-,17+/m1/s1. The summed E-state index contributed by atoms with van der Waals surface area (Å²) in [5, 5.41) is 10.9. The van der Waals surface area contributed by atoms with E-state index < -0.39 is 0 Å². The summed E-state index contributed by atoms with van der Waals surface area (Å²) < 4.78 is 1.81. The molecule has 2 aliphatic heterocycles. The van der Waals surface area contributed by atoms with Crippen molar-refractivity contribution in [1.29, 1.82) is 0 Å². The minimum Gasteiger partial charge on any atom is -0.354 e. The number of carbonyl (C=O) groups is 1. The van der Waals surface area contributed by atoms with Gasteiger partial charge >= 0.3 is 0 Å². The number of nitrogens with one attached hydrogen (secondary N) is 2. The van der Waals surface area contributed by atoms with Gasteiger partial charge in [0.1, 0.15) is 0 Å². The van der Waals surface area contributed by atoms with Crippen molar-refractivity contribution in [3.63, 3.8) is 0 Å². The van der Waals surface area contributed by atoms with Crippen molar-refractivity contribution in [2.24, 2.45) is 18.9 Å². The Morgan fingerprint density at radius 2 is 2.24 bits per heavy atom. The number of piperidine rings is 1. The topological polar surface area (TPSA) is 62.2 Å². The van der Waals surface area contributed by atoms with Crippen LogP contribution in [0.4, 0.5) is 0 Å². The molecule has 0 bridgehead atoms. The van der Waals surface area contributed by atoms with Gasteiger partial charge in [-0.2, -0.15) is 5.10 Å². The van der Waals surface area contributed by atoms with Crippen molar-refractivity contribution >= 4 is 5.91 Å². The van der Waals surface area contributed by atoms with E-state index in [0.29, 0.717) is 6.54 Å². The second-order valence-electron chi connectivity index (χ2n) is 8.54. The smallest absolute Gasteiger partial charge is 0.225 e. The van der Waals surface area contributed by atoms with Crippen molar-refractivity contribution in [1.82, 2.24) is 25.3 Å². The molecule has 1 unspecified atom stereocenters. The van der Waals surface area contributed by atoms with Crippen LogP contribution in [0.1, 0.15) is 45.1 Å². The first-order valence-corrected chi connectivity index (χ1v) is 9.59. The first-order chi connectivity index (χ1) is 11.9. The maximum atomic E-state index is 12.8. The average molecular weight is 348 g/mol. The third kappa shape index (κ3) is 4.23. The monoisotopic (exact) mass is 347 g/mol. The number of likely N-dealkylation sites (tertiary alicyclic amines) is 1. The van der Waals surface area contributed by atoms with E-state index in [1.165, 1.54) is 12.8 Å². The fourth-order valence-electron chi connectivity index (χ4n) is 4.22. The third-order valence-corrected chi connectivity index (χ3v) is 5.91. The highest BCUT2D eigenvalue weighted by Crippen LogP contribution is 2.28. The van der Waals surface area contributed by atoms with E-state index in [9.17, 15) is 4.79 Å². The zero-order valence-electron chi connectivity index (χ0n) is 16.1. The number of nitrogens with zero attached hydrogens (tertiary/aromatic N) is 3. The van der Waals surface area contributed by atoms with Crippen LogP contribution in [0.5, 0.6) is 0 Å². The Morgan fingerprint density at radius 1 is 1.44 bits per heavy atom. The van der Waals surface area contributed by atoms with Crippen molar-refractivity contribution < 1.29 is 4.79 Å². The molecule has 2 aliphatic rings. The molecule has 3 atom stereocenters. The number of hydrogen-bond donors (Lipinski definition) is 2. The summed E-state index contributed by atoms with van der Waals surface area (Å²) in [5.74, 6) is 1.11. The predicted octanol–water partition coefficient (Wildman–Crippen LogP) is 1.35. The normalized spacial score (nSPS) is 28.2. The molecule has 1 amide bonds. The third-order valence-electron chi connectivity index (χ3n) is 5.91. The lowest BCUT2D eigenvalue weighted by Crippen LogP contribution is -2.55. The summed E-state index contributed by atoms with van der Waals surface area (Å²) in [6.07, 6.45) is 6.49. The molecule has 2 saturated heterocycles. The number of rotatable bonds is 5. The quantitative estimate of drug-likeness (QED) is 0.844. The molecule has 0 spiro atoms. The molecule has 1 aromatic rings. The van der Waals surface area contributed by atoms with Crippen molar-refractivity contribution in [2.75, 3.05) is 32.7 Å². The molecule has 140 valence electrons. The molecule has 0 radical (unpaired) electrons. The van der Waals surface area contributed by atoms with Gasteiger partial charge in [-0.15, -0.1) is 0 Å². The molecule has 6 heteroatoms.